The number of rotatable bonds is 4. The minimum atomic E-state index is 0. The molecule has 0 atom stereocenters. The molecule has 252 valence electrons. The van der Waals surface area contributed by atoms with Crippen LogP contribution in [0.5, 0.6) is 0 Å². The third-order valence-corrected chi connectivity index (χ3v) is 8.66. The molecule has 0 aliphatic rings. The topological polar surface area (TPSA) is 109 Å². The number of para-hydroxylation sites is 2. The molecule has 0 unspecified atom stereocenters. The first-order valence-corrected chi connectivity index (χ1v) is 15.3. The molecule has 0 amide bonds. The van der Waals surface area contributed by atoms with Crippen LogP contribution in [0.4, 0.5) is 0 Å². The van der Waals surface area contributed by atoms with Gasteiger partial charge in [-0.15, -0.1) is 12.4 Å². The number of imidazole rings is 4. The van der Waals surface area contributed by atoms with Gasteiger partial charge in [0.05, 0.1) is 24.0 Å². The van der Waals surface area contributed by atoms with Crippen molar-refractivity contribution < 1.29 is 42.1 Å². The van der Waals surface area contributed by atoms with Gasteiger partial charge in [0.25, 0.3) is 0 Å². The molecule has 0 aliphatic heterocycles. The summed E-state index contributed by atoms with van der Waals surface area (Å²) in [5, 5.41) is 4.49. The van der Waals surface area contributed by atoms with E-state index in [4.69, 9.17) is 9.97 Å². The average Bonchev–Trinajstić information content (AvgIpc) is 3.92. The number of fused-ring (bicyclic) bond motifs is 6. The summed E-state index contributed by atoms with van der Waals surface area (Å²) in [6.07, 6.45) is 21.0. The standard InChI is InChI=1S/2C18H14N6.2Pt/c2*1-22-10-15(20-11-22)14-5-3-4-12-13-6-8-24(17(13)21-16(12)14)18-19-7-9-23(18)2;;/h2*3-6,8-11H,1-2H3;;/q2*-2;2*+2. The molecule has 14 heteroatoms. The normalized spacial score (nSPS) is 11.3. The van der Waals surface area contributed by atoms with Gasteiger partial charge in [-0.2, -0.15) is 0 Å². The van der Waals surface area contributed by atoms with Gasteiger partial charge in [-0.25, -0.2) is 9.97 Å². The summed E-state index contributed by atoms with van der Waals surface area (Å²) in [6.45, 7) is 0. The molecular formula is C36H28N12Pt2. The molecule has 0 bridgehead atoms. The summed E-state index contributed by atoms with van der Waals surface area (Å²) in [4.78, 5) is 27.4. The largest absolute Gasteiger partial charge is 2.00 e. The van der Waals surface area contributed by atoms with Crippen LogP contribution in [-0.4, -0.2) is 47.3 Å². The Bertz CT molecular complexity index is 2570. The van der Waals surface area contributed by atoms with Crippen molar-refractivity contribution in [2.24, 2.45) is 28.2 Å². The first-order chi connectivity index (χ1) is 23.4. The van der Waals surface area contributed by atoms with Crippen LogP contribution < -0.4 is 9.97 Å². The summed E-state index contributed by atoms with van der Waals surface area (Å²) in [6, 6.07) is 16.6. The van der Waals surface area contributed by atoms with E-state index in [2.05, 4.69) is 80.9 Å². The van der Waals surface area contributed by atoms with Crippen molar-refractivity contribution in [2.75, 3.05) is 0 Å². The molecule has 0 saturated heterocycles. The number of hydrogen-bond donors (Lipinski definition) is 0. The van der Waals surface area contributed by atoms with Gasteiger partial charge in [0, 0.05) is 37.6 Å². The predicted molar refractivity (Wildman–Crippen MR) is 184 cm³/mol. The molecule has 0 spiro atoms. The van der Waals surface area contributed by atoms with E-state index in [-0.39, 0.29) is 42.1 Å². The number of aromatic nitrogens is 12. The molecule has 0 radical (unpaired) electrons. The van der Waals surface area contributed by atoms with E-state index in [1.807, 2.05) is 92.8 Å². The second-order valence-electron chi connectivity index (χ2n) is 11.9. The van der Waals surface area contributed by atoms with E-state index >= 15 is 0 Å². The van der Waals surface area contributed by atoms with Crippen LogP contribution in [0.1, 0.15) is 0 Å². The zero-order valence-electron chi connectivity index (χ0n) is 27.2. The Morgan fingerprint density at radius 1 is 0.560 bits per heavy atom. The van der Waals surface area contributed by atoms with E-state index in [0.717, 1.165) is 78.3 Å². The van der Waals surface area contributed by atoms with Crippen LogP contribution in [0.15, 0.2) is 98.4 Å². The SMILES string of the molecule is Cn1cnc(-c2cccc3c2[n-]c2c3ccn2-c2n[c-]cn2C)c1.Cn1cnc(-c2cccc3c2[n-]c2c3ccn2-c2n[c-]cn2C)c1.[Pt+2].[Pt+2]. The number of nitrogens with zero attached hydrogens (tertiary/aromatic N) is 12. The second-order valence-corrected chi connectivity index (χ2v) is 11.9. The van der Waals surface area contributed by atoms with Gasteiger partial charge in [-0.3, -0.25) is 0 Å². The van der Waals surface area contributed by atoms with Gasteiger partial charge in [0.2, 0.25) is 0 Å². The molecule has 0 aliphatic carbocycles. The number of aryl methyl sites for hydroxylation is 4. The fraction of sp³-hybridized carbons (Fsp3) is 0.111. The van der Waals surface area contributed by atoms with Crippen molar-refractivity contribution in [1.29, 1.82) is 0 Å². The first kappa shape index (κ1) is 33.3. The maximum atomic E-state index is 4.90. The maximum absolute atomic E-state index is 4.90. The van der Waals surface area contributed by atoms with Crippen LogP contribution in [-0.2, 0) is 70.3 Å². The Kier molecular flexibility index (Phi) is 8.62. The smallest absolute Gasteiger partial charge is 0.472 e. The van der Waals surface area contributed by atoms with Crippen molar-refractivity contribution in [3.8, 4) is 34.4 Å². The summed E-state index contributed by atoms with van der Waals surface area (Å²) < 4.78 is 11.7. The minimum Gasteiger partial charge on any atom is -0.472 e. The minimum absolute atomic E-state index is 0. The zero-order valence-corrected chi connectivity index (χ0v) is 31.8. The summed E-state index contributed by atoms with van der Waals surface area (Å²) >= 11 is 0. The van der Waals surface area contributed by atoms with Gasteiger partial charge in [-0.1, -0.05) is 84.6 Å². The Balaban J connectivity index is 0.000000151. The second kappa shape index (κ2) is 12.9. The Hall–Kier alpha value is -5.18. The van der Waals surface area contributed by atoms with Crippen LogP contribution in [0.3, 0.4) is 0 Å². The molecular weight excluding hydrogens is 991 g/mol. The van der Waals surface area contributed by atoms with E-state index in [0.29, 0.717) is 0 Å². The molecule has 0 N–H and O–H groups in total. The van der Waals surface area contributed by atoms with Crippen LogP contribution in [0, 0.1) is 12.4 Å². The average molecular weight is 1020 g/mol. The molecule has 50 heavy (non-hydrogen) atoms. The van der Waals surface area contributed by atoms with Crippen molar-refractivity contribution in [1.82, 2.24) is 57.3 Å². The molecule has 8 heterocycles. The third-order valence-electron chi connectivity index (χ3n) is 8.66. The number of hydrogen-bond acceptors (Lipinski definition) is 4. The van der Waals surface area contributed by atoms with Gasteiger partial charge < -0.3 is 47.3 Å². The van der Waals surface area contributed by atoms with E-state index in [9.17, 15) is 0 Å². The van der Waals surface area contributed by atoms with Crippen molar-refractivity contribution in [2.45, 2.75) is 0 Å². The van der Waals surface area contributed by atoms with E-state index in [1.165, 1.54) is 0 Å². The first-order valence-electron chi connectivity index (χ1n) is 15.3. The molecule has 8 aromatic heterocycles. The fourth-order valence-corrected chi connectivity index (χ4v) is 6.38. The molecule has 10 aromatic rings. The summed E-state index contributed by atoms with van der Waals surface area (Å²) in [5.41, 5.74) is 7.68. The Morgan fingerprint density at radius 3 is 1.36 bits per heavy atom. The van der Waals surface area contributed by atoms with Crippen LogP contribution >= 0.6 is 0 Å². The molecule has 0 fully saturated rings. The van der Waals surface area contributed by atoms with E-state index < -0.39 is 0 Å². The van der Waals surface area contributed by atoms with Crippen LogP contribution in [0.25, 0.3) is 78.3 Å². The maximum Gasteiger partial charge on any atom is 2.00 e. The summed E-state index contributed by atoms with van der Waals surface area (Å²) in [5.74, 6) is 1.60. The molecule has 2 aromatic carbocycles. The molecule has 12 nitrogen and oxygen atoms in total. The summed E-state index contributed by atoms with van der Waals surface area (Å²) in [7, 11) is 7.84. The van der Waals surface area contributed by atoms with Gasteiger partial charge in [0.15, 0.2) is 0 Å². The molecule has 10 rings (SSSR count). The van der Waals surface area contributed by atoms with Crippen molar-refractivity contribution in [3.63, 3.8) is 0 Å². The van der Waals surface area contributed by atoms with Crippen molar-refractivity contribution >= 4 is 43.9 Å². The van der Waals surface area contributed by atoms with Gasteiger partial charge >= 0.3 is 42.1 Å². The zero-order chi connectivity index (χ0) is 32.5. The quantitative estimate of drug-likeness (QED) is 0.221. The molecule has 0 saturated carbocycles. The van der Waals surface area contributed by atoms with Gasteiger partial charge in [-0.05, 0) is 58.6 Å². The predicted octanol–water partition coefficient (Wildman–Crippen LogP) is 5.35. The Morgan fingerprint density at radius 2 is 1.00 bits per heavy atom. The Labute approximate surface area is 314 Å². The van der Waals surface area contributed by atoms with Crippen LogP contribution in [0.2, 0.25) is 0 Å². The fourth-order valence-electron chi connectivity index (χ4n) is 6.38. The number of benzene rings is 2. The third kappa shape index (κ3) is 5.30. The monoisotopic (exact) mass is 1020 g/mol. The van der Waals surface area contributed by atoms with E-state index in [1.54, 1.807) is 12.7 Å². The van der Waals surface area contributed by atoms with Gasteiger partial charge in [0.1, 0.15) is 0 Å². The van der Waals surface area contributed by atoms with Crippen molar-refractivity contribution in [3.05, 3.63) is 111 Å².